The van der Waals surface area contributed by atoms with E-state index in [1.165, 1.54) is 0 Å². The smallest absolute Gasteiger partial charge is 0.407 e. The van der Waals surface area contributed by atoms with E-state index in [9.17, 15) is 14.7 Å². The van der Waals surface area contributed by atoms with Gasteiger partial charge in [-0.15, -0.1) is 0 Å². The van der Waals surface area contributed by atoms with Crippen molar-refractivity contribution >= 4 is 11.9 Å². The topological polar surface area (TPSA) is 75.6 Å². The maximum atomic E-state index is 11.7. The molecular formula is C14H25NO4. The summed E-state index contributed by atoms with van der Waals surface area (Å²) in [5.74, 6) is -0.239. The normalized spacial score (nSPS) is 21.7. The van der Waals surface area contributed by atoms with Crippen LogP contribution in [0.5, 0.6) is 0 Å². The molecule has 1 aliphatic carbocycles. The maximum absolute atomic E-state index is 11.7. The summed E-state index contributed by atoms with van der Waals surface area (Å²) in [5.41, 5.74) is -0.570. The molecule has 0 radical (unpaired) electrons. The highest BCUT2D eigenvalue weighted by Crippen LogP contribution is 2.30. The van der Waals surface area contributed by atoms with Gasteiger partial charge in [0.05, 0.1) is 18.1 Å². The van der Waals surface area contributed by atoms with Crippen molar-refractivity contribution in [2.24, 2.45) is 5.92 Å². The monoisotopic (exact) mass is 271 g/mol. The largest absolute Gasteiger partial charge is 0.444 e. The molecule has 3 atom stereocenters. The van der Waals surface area contributed by atoms with Crippen LogP contribution in [0.4, 0.5) is 4.79 Å². The van der Waals surface area contributed by atoms with E-state index in [-0.39, 0.29) is 11.7 Å². The molecule has 1 fully saturated rings. The van der Waals surface area contributed by atoms with E-state index in [1.807, 2.05) is 6.92 Å². The van der Waals surface area contributed by atoms with Crippen molar-refractivity contribution in [2.75, 3.05) is 0 Å². The van der Waals surface area contributed by atoms with Crippen molar-refractivity contribution in [3.63, 3.8) is 0 Å². The second kappa shape index (κ2) is 6.37. The van der Waals surface area contributed by atoms with Crippen LogP contribution in [-0.2, 0) is 9.53 Å². The van der Waals surface area contributed by atoms with E-state index in [0.717, 1.165) is 12.8 Å². The van der Waals surface area contributed by atoms with Crippen LogP contribution >= 0.6 is 0 Å². The predicted octanol–water partition coefficient (Wildman–Crippen LogP) is 2.02. The van der Waals surface area contributed by atoms with Crippen molar-refractivity contribution in [2.45, 2.75) is 71.1 Å². The maximum Gasteiger partial charge on any atom is 0.407 e. The number of aliphatic hydroxyl groups excluding tert-OH is 1. The van der Waals surface area contributed by atoms with Crippen LogP contribution in [0.2, 0.25) is 0 Å². The lowest BCUT2D eigenvalue weighted by molar-refractivity contribution is -0.112. The van der Waals surface area contributed by atoms with Gasteiger partial charge in [0.25, 0.3) is 0 Å². The van der Waals surface area contributed by atoms with E-state index in [1.54, 1.807) is 20.8 Å². The minimum atomic E-state index is -0.799. The van der Waals surface area contributed by atoms with E-state index < -0.39 is 23.8 Å². The Balaban J connectivity index is 2.53. The van der Waals surface area contributed by atoms with Gasteiger partial charge in [-0.3, -0.25) is 4.79 Å². The summed E-state index contributed by atoms with van der Waals surface area (Å²) >= 11 is 0. The number of amides is 1. The second-order valence-corrected chi connectivity index (χ2v) is 6.16. The summed E-state index contributed by atoms with van der Waals surface area (Å²) in [6, 6.07) is -0.411. The van der Waals surface area contributed by atoms with Crippen LogP contribution in [0, 0.1) is 5.92 Å². The first-order chi connectivity index (χ1) is 8.74. The Morgan fingerprint density at radius 3 is 2.53 bits per heavy atom. The zero-order valence-corrected chi connectivity index (χ0v) is 12.2. The molecular weight excluding hydrogens is 246 g/mol. The molecule has 0 aromatic rings. The van der Waals surface area contributed by atoms with E-state index in [2.05, 4.69) is 5.32 Å². The Hall–Kier alpha value is -1.10. The van der Waals surface area contributed by atoms with Crippen molar-refractivity contribution in [1.82, 2.24) is 5.32 Å². The Morgan fingerprint density at radius 1 is 1.53 bits per heavy atom. The van der Waals surface area contributed by atoms with Gasteiger partial charge in [-0.25, -0.2) is 4.79 Å². The van der Waals surface area contributed by atoms with Gasteiger partial charge in [0.15, 0.2) is 0 Å². The van der Waals surface area contributed by atoms with Gasteiger partial charge in [0.1, 0.15) is 11.4 Å². The van der Waals surface area contributed by atoms with Gasteiger partial charge in [-0.1, -0.05) is 19.8 Å². The van der Waals surface area contributed by atoms with Crippen molar-refractivity contribution in [3.05, 3.63) is 0 Å². The van der Waals surface area contributed by atoms with E-state index in [0.29, 0.717) is 12.8 Å². The third kappa shape index (κ3) is 5.59. The molecule has 19 heavy (non-hydrogen) atoms. The number of rotatable bonds is 6. The average molecular weight is 271 g/mol. The summed E-state index contributed by atoms with van der Waals surface area (Å²) < 4.78 is 5.18. The van der Waals surface area contributed by atoms with Crippen molar-refractivity contribution < 1.29 is 19.4 Å². The van der Waals surface area contributed by atoms with E-state index >= 15 is 0 Å². The summed E-state index contributed by atoms with van der Waals surface area (Å²) in [5, 5.41) is 12.8. The lowest BCUT2D eigenvalue weighted by Crippen LogP contribution is -2.46. The molecule has 0 aromatic heterocycles. The zero-order valence-electron chi connectivity index (χ0n) is 12.2. The summed E-state index contributed by atoms with van der Waals surface area (Å²) in [6.45, 7) is 7.40. The number of Topliss-reactive ketones (excluding diaryl/α,β-unsaturated/α-hetero) is 1. The molecule has 5 nitrogen and oxygen atoms in total. The molecule has 0 spiro atoms. The molecule has 110 valence electrons. The van der Waals surface area contributed by atoms with Crippen LogP contribution in [-0.4, -0.2) is 34.7 Å². The molecule has 0 heterocycles. The highest BCUT2D eigenvalue weighted by Gasteiger charge is 2.44. The number of carbonyl (C=O) groups excluding carboxylic acids is 2. The third-order valence-electron chi connectivity index (χ3n) is 3.07. The molecule has 0 saturated heterocycles. The van der Waals surface area contributed by atoms with Crippen LogP contribution < -0.4 is 5.32 Å². The summed E-state index contributed by atoms with van der Waals surface area (Å²) in [7, 11) is 0. The molecule has 1 saturated carbocycles. The highest BCUT2D eigenvalue weighted by molar-refractivity contribution is 5.96. The lowest BCUT2D eigenvalue weighted by Gasteiger charge is -2.26. The molecule has 2 unspecified atom stereocenters. The number of nitrogens with one attached hydrogen (secondary N) is 1. The van der Waals surface area contributed by atoms with Crippen molar-refractivity contribution in [1.29, 1.82) is 0 Å². The third-order valence-corrected chi connectivity index (χ3v) is 3.07. The fourth-order valence-corrected chi connectivity index (χ4v) is 1.96. The summed E-state index contributed by atoms with van der Waals surface area (Å²) in [4.78, 5) is 22.8. The van der Waals surface area contributed by atoms with Gasteiger partial charge in [-0.05, 0) is 27.2 Å². The first kappa shape index (κ1) is 16.0. The van der Waals surface area contributed by atoms with Gasteiger partial charge in [0, 0.05) is 6.42 Å². The Morgan fingerprint density at radius 2 is 2.11 bits per heavy atom. The number of hydrogen-bond acceptors (Lipinski definition) is 4. The lowest BCUT2D eigenvalue weighted by atomic mass is 10.0. The number of aliphatic hydroxyl groups is 1. The highest BCUT2D eigenvalue weighted by atomic mass is 16.6. The number of ether oxygens (including phenoxy) is 1. The minimum Gasteiger partial charge on any atom is -0.444 e. The predicted molar refractivity (Wildman–Crippen MR) is 71.8 cm³/mol. The van der Waals surface area contributed by atoms with Gasteiger partial charge < -0.3 is 15.2 Å². The molecule has 1 rings (SSSR count). The zero-order chi connectivity index (χ0) is 14.6. The Labute approximate surface area is 114 Å². The fraction of sp³-hybridized carbons (Fsp3) is 0.857. The van der Waals surface area contributed by atoms with Crippen LogP contribution in [0.15, 0.2) is 0 Å². The molecule has 2 N–H and O–H groups in total. The summed E-state index contributed by atoms with van der Waals surface area (Å²) in [6.07, 6.45) is 1.59. The molecule has 0 aromatic carbocycles. The minimum absolute atomic E-state index is 0.0694. The van der Waals surface area contributed by atoms with Crippen LogP contribution in [0.1, 0.15) is 53.4 Å². The molecule has 5 heteroatoms. The number of ketones is 1. The number of alkyl carbamates (subject to hydrolysis) is 1. The first-order valence-electron chi connectivity index (χ1n) is 6.95. The van der Waals surface area contributed by atoms with Crippen molar-refractivity contribution in [3.8, 4) is 0 Å². The quantitative estimate of drug-likeness (QED) is 0.775. The first-order valence-corrected chi connectivity index (χ1v) is 6.95. The number of carbonyl (C=O) groups is 2. The van der Waals surface area contributed by atoms with Gasteiger partial charge in [-0.2, -0.15) is 0 Å². The fourth-order valence-electron chi connectivity index (χ4n) is 1.96. The average Bonchev–Trinajstić information content (AvgIpc) is 2.98. The molecule has 0 bridgehead atoms. The molecule has 1 amide bonds. The Kier molecular flexibility index (Phi) is 5.35. The molecule has 1 aliphatic rings. The standard InChI is InChI=1S/C14H25NO4/c1-5-6-7-10(12(17)9-8-11(9)16)15-13(18)19-14(2,3)4/h9-10,12,17H,5-8H2,1-4H3,(H,15,18)/t9?,10-,12?/m0/s1. The van der Waals surface area contributed by atoms with Crippen LogP contribution in [0.25, 0.3) is 0 Å². The Bertz CT molecular complexity index is 335. The second-order valence-electron chi connectivity index (χ2n) is 6.16. The van der Waals surface area contributed by atoms with Crippen LogP contribution in [0.3, 0.4) is 0 Å². The van der Waals surface area contributed by atoms with E-state index in [4.69, 9.17) is 4.74 Å². The van der Waals surface area contributed by atoms with Gasteiger partial charge in [0.2, 0.25) is 0 Å². The number of unbranched alkanes of at least 4 members (excludes halogenated alkanes) is 1. The SMILES string of the molecule is CCCC[C@H](NC(=O)OC(C)(C)C)C(O)C1CC1=O. The molecule has 0 aliphatic heterocycles. The number of hydrogen-bond donors (Lipinski definition) is 2. The van der Waals surface area contributed by atoms with Gasteiger partial charge >= 0.3 is 6.09 Å².